The molecule has 0 radical (unpaired) electrons. The Kier molecular flexibility index (Phi) is 14.4. The predicted octanol–water partition coefficient (Wildman–Crippen LogP) is 21.4. The van der Waals surface area contributed by atoms with Crippen molar-refractivity contribution in [2.45, 2.75) is 20.8 Å². The second-order valence-electron chi connectivity index (χ2n) is 22.2. The van der Waals surface area contributed by atoms with E-state index in [1.165, 1.54) is 22.3 Å². The van der Waals surface area contributed by atoms with Crippen LogP contribution in [0, 0.1) is 20.8 Å². The molecule has 6 heterocycles. The van der Waals surface area contributed by atoms with Crippen LogP contribution in [0.25, 0.3) is 156 Å². The Bertz CT molecular complexity index is 5460. The molecule has 0 atom stereocenters. The van der Waals surface area contributed by atoms with Gasteiger partial charge in [-0.2, -0.15) is 0 Å². The highest BCUT2D eigenvalue weighted by molar-refractivity contribution is 6.08. The lowest BCUT2D eigenvalue weighted by Crippen LogP contribution is -1.95. The molecule has 9 heteroatoms. The minimum Gasteiger partial charge on any atom is -0.456 e. The van der Waals surface area contributed by atoms with Crippen LogP contribution in [0.15, 0.2) is 298 Å². The van der Waals surface area contributed by atoms with E-state index >= 15 is 0 Å². The summed E-state index contributed by atoms with van der Waals surface area (Å²) < 4.78 is 18.2. The summed E-state index contributed by atoms with van der Waals surface area (Å²) in [5.41, 5.74) is 21.8. The molecule has 0 N–H and O–H groups in total. The maximum Gasteiger partial charge on any atom is 0.136 e. The summed E-state index contributed by atoms with van der Waals surface area (Å²) in [5, 5.41) is 6.76. The number of aryl methyl sites for hydroxylation is 3. The first-order valence-corrected chi connectivity index (χ1v) is 30.0. The minimum absolute atomic E-state index is 0.743. The Balaban J connectivity index is 0.000000113. The molecule has 0 saturated heterocycles. The van der Waals surface area contributed by atoms with Gasteiger partial charge in [0, 0.05) is 65.7 Å². The molecule has 0 bridgehead atoms. The van der Waals surface area contributed by atoms with Gasteiger partial charge in [-0.1, -0.05) is 206 Å². The number of benzene rings is 11. The van der Waals surface area contributed by atoms with Crippen molar-refractivity contribution in [1.29, 1.82) is 0 Å². The van der Waals surface area contributed by atoms with Gasteiger partial charge in [0.25, 0.3) is 0 Å². The minimum atomic E-state index is 0.743. The van der Waals surface area contributed by atoms with Crippen LogP contribution in [0.3, 0.4) is 0 Å². The summed E-state index contributed by atoms with van der Waals surface area (Å²) in [6, 6.07) is 97.3. The summed E-state index contributed by atoms with van der Waals surface area (Å²) in [6.07, 6.45) is 0. The lowest BCUT2D eigenvalue weighted by atomic mass is 10.0. The van der Waals surface area contributed by atoms with Gasteiger partial charge >= 0.3 is 0 Å². The number of rotatable bonds is 8. The van der Waals surface area contributed by atoms with Crippen molar-refractivity contribution < 1.29 is 13.3 Å². The third-order valence-electron chi connectivity index (χ3n) is 16.2. The van der Waals surface area contributed by atoms with Gasteiger partial charge in [-0.25, -0.2) is 29.9 Å². The Labute approximate surface area is 519 Å². The van der Waals surface area contributed by atoms with E-state index in [1.807, 2.05) is 118 Å². The Morgan fingerprint density at radius 3 is 0.811 bits per heavy atom. The normalized spacial score (nSPS) is 11.3. The molecular weight excluding hydrogens is 1100 g/mol. The molecule has 0 saturated carbocycles. The van der Waals surface area contributed by atoms with Crippen molar-refractivity contribution in [1.82, 2.24) is 29.9 Å². The van der Waals surface area contributed by atoms with E-state index in [0.29, 0.717) is 0 Å². The topological polar surface area (TPSA) is 117 Å². The van der Waals surface area contributed by atoms with Crippen LogP contribution in [-0.2, 0) is 0 Å². The number of para-hydroxylation sites is 3. The number of aromatic nitrogens is 6. The molecule has 90 heavy (non-hydrogen) atoms. The quantitative estimate of drug-likeness (QED) is 0.147. The molecule has 11 aromatic carbocycles. The van der Waals surface area contributed by atoms with Gasteiger partial charge < -0.3 is 13.3 Å². The van der Waals surface area contributed by atoms with Gasteiger partial charge in [-0.05, 0) is 122 Å². The third-order valence-corrected chi connectivity index (χ3v) is 16.2. The highest BCUT2D eigenvalue weighted by Gasteiger charge is 2.16. The van der Waals surface area contributed by atoms with Gasteiger partial charge in [0.1, 0.15) is 51.0 Å². The van der Waals surface area contributed by atoms with Gasteiger partial charge in [-0.15, -0.1) is 0 Å². The van der Waals surface area contributed by atoms with E-state index in [9.17, 15) is 0 Å². The molecular formula is C81H56N6O3. The van der Waals surface area contributed by atoms with E-state index in [-0.39, 0.29) is 0 Å². The second-order valence-corrected chi connectivity index (χ2v) is 22.2. The zero-order chi connectivity index (χ0) is 60.5. The molecule has 0 aliphatic carbocycles. The predicted molar refractivity (Wildman–Crippen MR) is 366 cm³/mol. The average Bonchev–Trinajstić information content (AvgIpc) is 1.88. The fraction of sp³-hybridized carbons (Fsp3) is 0.0370. The third kappa shape index (κ3) is 11.1. The number of furan rings is 3. The molecule has 0 fully saturated rings. The lowest BCUT2D eigenvalue weighted by Gasteiger charge is -2.09. The maximum absolute atomic E-state index is 6.08. The summed E-state index contributed by atoms with van der Waals surface area (Å²) in [5.74, 6) is 2.24. The molecule has 0 aliphatic heterocycles. The molecule has 0 aliphatic rings. The fourth-order valence-electron chi connectivity index (χ4n) is 11.8. The summed E-state index contributed by atoms with van der Waals surface area (Å²) in [4.78, 5) is 28.1. The zero-order valence-corrected chi connectivity index (χ0v) is 49.5. The first-order valence-electron chi connectivity index (χ1n) is 30.0. The van der Waals surface area contributed by atoms with Crippen LogP contribution >= 0.6 is 0 Å². The van der Waals surface area contributed by atoms with Crippen LogP contribution < -0.4 is 0 Å². The fourth-order valence-corrected chi connectivity index (χ4v) is 11.8. The van der Waals surface area contributed by atoms with Gasteiger partial charge in [0.05, 0.1) is 34.2 Å². The van der Waals surface area contributed by atoms with E-state index < -0.39 is 0 Å². The Hall–Kier alpha value is -11.9. The molecule has 17 aromatic rings. The average molecular weight is 1160 g/mol. The van der Waals surface area contributed by atoms with Gasteiger partial charge in [0.2, 0.25) is 0 Å². The monoisotopic (exact) mass is 1160 g/mol. The van der Waals surface area contributed by atoms with Crippen molar-refractivity contribution in [3.63, 3.8) is 0 Å². The van der Waals surface area contributed by atoms with E-state index in [2.05, 4.69) is 198 Å². The van der Waals surface area contributed by atoms with Crippen LogP contribution in [-0.4, -0.2) is 29.9 Å². The highest BCUT2D eigenvalue weighted by atomic mass is 16.3. The zero-order valence-electron chi connectivity index (χ0n) is 49.5. The van der Waals surface area contributed by atoms with Gasteiger partial charge in [-0.3, -0.25) is 0 Å². The van der Waals surface area contributed by atoms with Crippen LogP contribution in [0.5, 0.6) is 0 Å². The van der Waals surface area contributed by atoms with Crippen molar-refractivity contribution >= 4 is 65.8 Å². The van der Waals surface area contributed by atoms with E-state index in [1.54, 1.807) is 0 Å². The van der Waals surface area contributed by atoms with E-state index in [0.717, 1.165) is 151 Å². The Morgan fingerprint density at radius 2 is 0.422 bits per heavy atom. The smallest absolute Gasteiger partial charge is 0.136 e. The number of fused-ring (bicyclic) bond motifs is 9. The van der Waals surface area contributed by atoms with Crippen molar-refractivity contribution in [3.05, 3.63) is 303 Å². The summed E-state index contributed by atoms with van der Waals surface area (Å²) >= 11 is 0. The second kappa shape index (κ2) is 23.7. The van der Waals surface area contributed by atoms with Crippen molar-refractivity contribution in [3.8, 4) is 89.8 Å². The lowest BCUT2D eigenvalue weighted by molar-refractivity contribution is 0.668. The molecule has 428 valence electrons. The molecule has 9 nitrogen and oxygen atoms in total. The first-order chi connectivity index (χ1) is 44.3. The number of nitrogens with zero attached hydrogens (tertiary/aromatic N) is 6. The molecule has 0 spiro atoms. The summed E-state index contributed by atoms with van der Waals surface area (Å²) in [6.45, 7) is 5.80. The van der Waals surface area contributed by atoms with E-state index in [4.69, 9.17) is 33.2 Å². The van der Waals surface area contributed by atoms with Crippen LogP contribution in [0.2, 0.25) is 0 Å². The van der Waals surface area contributed by atoms with Crippen LogP contribution in [0.1, 0.15) is 17.5 Å². The number of hydrogen-bond acceptors (Lipinski definition) is 9. The number of hydrogen-bond donors (Lipinski definition) is 0. The van der Waals surface area contributed by atoms with Gasteiger partial charge in [0.15, 0.2) is 0 Å². The summed E-state index contributed by atoms with van der Waals surface area (Å²) in [7, 11) is 0. The van der Waals surface area contributed by atoms with Crippen molar-refractivity contribution in [2.24, 2.45) is 0 Å². The molecule has 6 aromatic heterocycles. The first kappa shape index (κ1) is 54.7. The molecule has 0 amide bonds. The standard InChI is InChI=1S/2C29H20N2O.C23H16N2O/c1-19-30-26(22-11-7-10-21(16-22)20-8-3-2-4-9-20)18-27(31-19)23-14-15-25-24-12-5-6-13-28(24)32-29(25)17-23;1-19-30-26(22-13-11-21(12-14-22)20-7-3-2-4-8-20)18-27(31-19)23-15-16-25-24-9-5-6-10-28(24)32-29(25)17-23;1-15-24-20(16-7-3-2-4-8-16)14-21(25-15)17-11-12-19-18-9-5-6-10-22(18)26-23(19)13-17/h2*2-18H,1H3;2-14H,1H3. The molecule has 17 rings (SSSR count). The largest absolute Gasteiger partial charge is 0.456 e. The highest BCUT2D eigenvalue weighted by Crippen LogP contribution is 2.37. The van der Waals surface area contributed by atoms with Crippen molar-refractivity contribution in [2.75, 3.05) is 0 Å². The molecule has 0 unspecified atom stereocenters. The SMILES string of the molecule is Cc1nc(-c2ccc(-c3ccccc3)cc2)cc(-c2ccc3c(c2)oc2ccccc23)n1.Cc1nc(-c2cccc(-c3ccccc3)c2)cc(-c2ccc3c(c2)oc2ccccc23)n1.Cc1nc(-c2ccccc2)cc(-c2ccc3c(c2)oc2ccccc23)n1. The Morgan fingerprint density at radius 1 is 0.178 bits per heavy atom. The maximum atomic E-state index is 6.08. The van der Waals surface area contributed by atoms with Crippen LogP contribution in [0.4, 0.5) is 0 Å².